The smallest absolute Gasteiger partial charge is 0.228 e. The van der Waals surface area contributed by atoms with Gasteiger partial charge < -0.3 is 24.0 Å². The molecule has 1 heterocycles. The van der Waals surface area contributed by atoms with E-state index < -0.39 is 0 Å². The molecule has 0 spiro atoms. The molecule has 2 aromatic carbocycles. The zero-order valence-corrected chi connectivity index (χ0v) is 19.6. The molecule has 7 nitrogen and oxygen atoms in total. The van der Waals surface area contributed by atoms with Crippen LogP contribution in [-0.4, -0.2) is 62.6 Å². The molecule has 176 valence electrons. The van der Waals surface area contributed by atoms with Crippen molar-refractivity contribution >= 4 is 11.8 Å². The predicted molar refractivity (Wildman–Crippen MR) is 127 cm³/mol. The lowest BCUT2D eigenvalue weighted by molar-refractivity contribution is -0.135. The number of carbonyl (C=O) groups excluding carboxylic acids is 2. The molecule has 0 aromatic heterocycles. The van der Waals surface area contributed by atoms with Gasteiger partial charge in [-0.1, -0.05) is 30.9 Å². The van der Waals surface area contributed by atoms with Gasteiger partial charge in [0.1, 0.15) is 12.4 Å². The highest BCUT2D eigenvalue weighted by Gasteiger charge is 2.35. The lowest BCUT2D eigenvalue weighted by Crippen LogP contribution is -2.34. The summed E-state index contributed by atoms with van der Waals surface area (Å²) in [6.07, 6.45) is 2.63. The topological polar surface area (TPSA) is 68.3 Å². The summed E-state index contributed by atoms with van der Waals surface area (Å²) in [5, 5.41) is 0. The molecule has 1 unspecified atom stereocenters. The van der Waals surface area contributed by atoms with E-state index in [9.17, 15) is 9.59 Å². The van der Waals surface area contributed by atoms with Crippen molar-refractivity contribution < 1.29 is 23.8 Å². The van der Waals surface area contributed by atoms with Gasteiger partial charge in [-0.15, -0.1) is 0 Å². The number of hydrogen-bond acceptors (Lipinski definition) is 5. The van der Waals surface area contributed by atoms with Crippen LogP contribution in [-0.2, 0) is 22.6 Å². The maximum atomic E-state index is 13.0. The van der Waals surface area contributed by atoms with E-state index in [-0.39, 0.29) is 24.2 Å². The summed E-state index contributed by atoms with van der Waals surface area (Å²) in [5.74, 6) is 1.79. The highest BCUT2D eigenvalue weighted by Crippen LogP contribution is 2.28. The summed E-state index contributed by atoms with van der Waals surface area (Å²) in [5.41, 5.74) is 2.05. The minimum atomic E-state index is -0.317. The summed E-state index contributed by atoms with van der Waals surface area (Å²) in [6.45, 7) is 5.58. The average Bonchev–Trinajstić information content (AvgIpc) is 3.21. The van der Waals surface area contributed by atoms with Crippen molar-refractivity contribution in [1.82, 2.24) is 9.80 Å². The zero-order valence-electron chi connectivity index (χ0n) is 19.6. The van der Waals surface area contributed by atoms with Gasteiger partial charge in [-0.05, 0) is 41.8 Å². The number of methoxy groups -OCH3 is 2. The maximum absolute atomic E-state index is 13.0. The molecule has 1 aliphatic rings. The fourth-order valence-electron chi connectivity index (χ4n) is 3.96. The lowest BCUT2D eigenvalue weighted by atomic mass is 10.1. The first kappa shape index (κ1) is 24.2. The molecule has 33 heavy (non-hydrogen) atoms. The van der Waals surface area contributed by atoms with E-state index in [1.807, 2.05) is 42.5 Å². The molecule has 1 atom stereocenters. The minimum absolute atomic E-state index is 0.0102. The third-order valence-corrected chi connectivity index (χ3v) is 5.77. The van der Waals surface area contributed by atoms with Crippen molar-refractivity contribution in [1.29, 1.82) is 0 Å². The SMILES string of the molecule is C=CCOc1ccc(CN(C)C(=O)C2CC(=O)N(CCc3ccc(OC)c(OC)c3)C2)cc1. The Hall–Kier alpha value is -3.48. The first-order valence-electron chi connectivity index (χ1n) is 11.0. The second-order valence-electron chi connectivity index (χ2n) is 8.12. The Morgan fingerprint density at radius 2 is 1.82 bits per heavy atom. The van der Waals surface area contributed by atoms with Crippen LogP contribution < -0.4 is 14.2 Å². The molecule has 1 fully saturated rings. The predicted octanol–water partition coefficient (Wildman–Crippen LogP) is 3.32. The summed E-state index contributed by atoms with van der Waals surface area (Å²) >= 11 is 0. The Labute approximate surface area is 195 Å². The Morgan fingerprint density at radius 1 is 1.12 bits per heavy atom. The van der Waals surface area contributed by atoms with Gasteiger partial charge in [-0.25, -0.2) is 0 Å². The van der Waals surface area contributed by atoms with E-state index in [4.69, 9.17) is 14.2 Å². The normalized spacial score (nSPS) is 15.3. The molecule has 3 rings (SSSR count). The van der Waals surface area contributed by atoms with Crippen LogP contribution in [0.2, 0.25) is 0 Å². The van der Waals surface area contributed by atoms with Crippen molar-refractivity contribution in [3.05, 3.63) is 66.2 Å². The molecule has 0 saturated carbocycles. The Kier molecular flexibility index (Phi) is 8.35. The quantitative estimate of drug-likeness (QED) is 0.490. The fourth-order valence-corrected chi connectivity index (χ4v) is 3.96. The van der Waals surface area contributed by atoms with Crippen LogP contribution in [0.4, 0.5) is 0 Å². The van der Waals surface area contributed by atoms with E-state index in [2.05, 4.69) is 6.58 Å². The van der Waals surface area contributed by atoms with Gasteiger partial charge in [-0.2, -0.15) is 0 Å². The van der Waals surface area contributed by atoms with E-state index in [0.29, 0.717) is 44.2 Å². The third kappa shape index (κ3) is 6.28. The van der Waals surface area contributed by atoms with Crippen molar-refractivity contribution in [2.75, 3.05) is 41.0 Å². The van der Waals surface area contributed by atoms with Crippen LogP contribution >= 0.6 is 0 Å². The lowest BCUT2D eigenvalue weighted by Gasteiger charge is -2.22. The second kappa shape index (κ2) is 11.4. The van der Waals surface area contributed by atoms with Crippen molar-refractivity contribution in [3.8, 4) is 17.2 Å². The number of likely N-dealkylation sites (tertiary alicyclic amines) is 1. The van der Waals surface area contributed by atoms with Gasteiger partial charge in [0.25, 0.3) is 0 Å². The number of amides is 2. The summed E-state index contributed by atoms with van der Waals surface area (Å²) < 4.78 is 16.1. The van der Waals surface area contributed by atoms with Crippen LogP contribution in [0, 0.1) is 5.92 Å². The maximum Gasteiger partial charge on any atom is 0.228 e. The summed E-state index contributed by atoms with van der Waals surface area (Å²) in [6, 6.07) is 13.4. The molecule has 7 heteroatoms. The van der Waals surface area contributed by atoms with Gasteiger partial charge >= 0.3 is 0 Å². The molecule has 2 amide bonds. The molecular formula is C26H32N2O5. The molecule has 0 bridgehead atoms. The molecular weight excluding hydrogens is 420 g/mol. The van der Waals surface area contributed by atoms with Gasteiger partial charge in [0.15, 0.2) is 11.5 Å². The Balaban J connectivity index is 1.52. The van der Waals surface area contributed by atoms with E-state index >= 15 is 0 Å². The summed E-state index contributed by atoms with van der Waals surface area (Å²) in [7, 11) is 4.98. The first-order chi connectivity index (χ1) is 15.9. The first-order valence-corrected chi connectivity index (χ1v) is 11.0. The van der Waals surface area contributed by atoms with Gasteiger partial charge in [0, 0.05) is 33.1 Å². The standard InChI is InChI=1S/C26H32N2O5/c1-5-14-33-22-9-6-20(7-10-22)17-27(2)26(30)21-16-25(29)28(18-21)13-12-19-8-11-23(31-3)24(15-19)32-4/h5-11,15,21H,1,12-14,16-18H2,2-4H3. The van der Waals surface area contributed by atoms with Crippen molar-refractivity contribution in [2.24, 2.45) is 5.92 Å². The average molecular weight is 453 g/mol. The molecule has 1 aliphatic heterocycles. The van der Waals surface area contributed by atoms with E-state index in [1.54, 1.807) is 37.1 Å². The highest BCUT2D eigenvalue weighted by molar-refractivity contribution is 5.89. The molecule has 1 saturated heterocycles. The van der Waals surface area contributed by atoms with Gasteiger partial charge in [0.05, 0.1) is 20.1 Å². The number of carbonyl (C=O) groups is 2. The Morgan fingerprint density at radius 3 is 2.48 bits per heavy atom. The van der Waals surface area contributed by atoms with Crippen LogP contribution in [0.15, 0.2) is 55.1 Å². The molecule has 0 aliphatic carbocycles. The van der Waals surface area contributed by atoms with Crippen LogP contribution in [0.3, 0.4) is 0 Å². The van der Waals surface area contributed by atoms with Gasteiger partial charge in [0.2, 0.25) is 11.8 Å². The zero-order chi connectivity index (χ0) is 23.8. The molecule has 2 aromatic rings. The van der Waals surface area contributed by atoms with Crippen molar-refractivity contribution in [2.45, 2.75) is 19.4 Å². The monoisotopic (exact) mass is 452 g/mol. The van der Waals surface area contributed by atoms with E-state index in [0.717, 1.165) is 16.9 Å². The third-order valence-electron chi connectivity index (χ3n) is 5.77. The largest absolute Gasteiger partial charge is 0.493 e. The highest BCUT2D eigenvalue weighted by atomic mass is 16.5. The van der Waals surface area contributed by atoms with Crippen LogP contribution in [0.1, 0.15) is 17.5 Å². The van der Waals surface area contributed by atoms with E-state index in [1.165, 1.54) is 0 Å². The van der Waals surface area contributed by atoms with Crippen molar-refractivity contribution in [3.63, 3.8) is 0 Å². The van der Waals surface area contributed by atoms with Gasteiger partial charge in [-0.3, -0.25) is 9.59 Å². The second-order valence-corrected chi connectivity index (χ2v) is 8.12. The minimum Gasteiger partial charge on any atom is -0.493 e. The fraction of sp³-hybridized carbons (Fsp3) is 0.385. The van der Waals surface area contributed by atoms with Crippen LogP contribution in [0.25, 0.3) is 0 Å². The number of ether oxygens (including phenoxy) is 3. The molecule has 0 radical (unpaired) electrons. The number of benzene rings is 2. The van der Waals surface area contributed by atoms with Crippen LogP contribution in [0.5, 0.6) is 17.2 Å². The number of hydrogen-bond donors (Lipinski definition) is 0. The summed E-state index contributed by atoms with van der Waals surface area (Å²) in [4.78, 5) is 29.0. The number of rotatable bonds is 11. The Bertz CT molecular complexity index is 973. The number of nitrogens with zero attached hydrogens (tertiary/aromatic N) is 2. The molecule has 0 N–H and O–H groups in total.